The molecule has 2 rings (SSSR count). The summed E-state index contributed by atoms with van der Waals surface area (Å²) in [5.41, 5.74) is -1.54. The molecule has 1 atom stereocenters. The van der Waals surface area contributed by atoms with Crippen LogP contribution in [0.4, 0.5) is 4.39 Å². The number of thioether (sulfide) groups is 1. The van der Waals surface area contributed by atoms with Gasteiger partial charge in [0.2, 0.25) is 0 Å². The van der Waals surface area contributed by atoms with Crippen molar-refractivity contribution in [3.05, 3.63) is 29.6 Å². The van der Waals surface area contributed by atoms with Crippen molar-refractivity contribution in [2.24, 2.45) is 0 Å². The first-order chi connectivity index (χ1) is 9.50. The van der Waals surface area contributed by atoms with Crippen LogP contribution in [0.15, 0.2) is 18.2 Å². The molecule has 0 spiro atoms. The molecule has 7 heteroatoms. The molecule has 1 heterocycles. The third kappa shape index (κ3) is 2.58. The highest BCUT2D eigenvalue weighted by Gasteiger charge is 2.43. The van der Waals surface area contributed by atoms with Gasteiger partial charge in [0.1, 0.15) is 5.54 Å². The van der Waals surface area contributed by atoms with Crippen molar-refractivity contribution in [2.75, 3.05) is 18.6 Å². The number of benzene rings is 1. The summed E-state index contributed by atoms with van der Waals surface area (Å²) >= 11 is 1.44. The summed E-state index contributed by atoms with van der Waals surface area (Å²) in [4.78, 5) is 23.5. The molecule has 1 aliphatic rings. The minimum absolute atomic E-state index is 0.0529. The minimum atomic E-state index is -1.32. The fourth-order valence-corrected chi connectivity index (χ4v) is 3.34. The Balaban J connectivity index is 2.26. The highest BCUT2D eigenvalue weighted by atomic mass is 32.2. The molecule has 108 valence electrons. The largest absolute Gasteiger partial charge is 0.494 e. The molecule has 0 aromatic heterocycles. The lowest BCUT2D eigenvalue weighted by atomic mass is 9.98. The molecular formula is C13H14FNO4S. The van der Waals surface area contributed by atoms with Crippen molar-refractivity contribution in [1.82, 2.24) is 5.32 Å². The number of halogens is 1. The highest BCUT2D eigenvalue weighted by molar-refractivity contribution is 7.99. The Morgan fingerprint density at radius 1 is 1.50 bits per heavy atom. The molecule has 0 bridgehead atoms. The number of hydrogen-bond acceptors (Lipinski definition) is 4. The number of aliphatic carboxylic acids is 1. The van der Waals surface area contributed by atoms with Crippen LogP contribution in [0, 0.1) is 5.82 Å². The lowest BCUT2D eigenvalue weighted by Gasteiger charge is -2.24. The summed E-state index contributed by atoms with van der Waals surface area (Å²) in [6.45, 7) is 0. The van der Waals surface area contributed by atoms with Crippen LogP contribution in [-0.2, 0) is 4.79 Å². The molecule has 1 saturated heterocycles. The van der Waals surface area contributed by atoms with Crippen LogP contribution in [0.1, 0.15) is 16.8 Å². The highest BCUT2D eigenvalue weighted by Crippen LogP contribution is 2.29. The van der Waals surface area contributed by atoms with Crippen LogP contribution >= 0.6 is 11.8 Å². The molecule has 1 fully saturated rings. The lowest BCUT2D eigenvalue weighted by molar-refractivity contribution is -0.143. The van der Waals surface area contributed by atoms with Crippen molar-refractivity contribution in [1.29, 1.82) is 0 Å². The van der Waals surface area contributed by atoms with E-state index < -0.39 is 23.2 Å². The molecule has 0 aliphatic carbocycles. The maximum Gasteiger partial charge on any atom is 0.330 e. The van der Waals surface area contributed by atoms with Gasteiger partial charge in [0.05, 0.1) is 12.7 Å². The third-order valence-corrected chi connectivity index (χ3v) is 4.40. The first kappa shape index (κ1) is 14.6. The molecule has 1 aliphatic heterocycles. The molecule has 1 aromatic rings. The van der Waals surface area contributed by atoms with E-state index in [2.05, 4.69) is 5.32 Å². The zero-order valence-electron chi connectivity index (χ0n) is 10.8. The maximum absolute atomic E-state index is 14.0. The third-order valence-electron chi connectivity index (χ3n) is 3.21. The van der Waals surface area contributed by atoms with Crippen molar-refractivity contribution >= 4 is 23.6 Å². The lowest BCUT2D eigenvalue weighted by Crippen LogP contribution is -2.54. The van der Waals surface area contributed by atoms with E-state index in [4.69, 9.17) is 4.74 Å². The zero-order chi connectivity index (χ0) is 14.8. The minimum Gasteiger partial charge on any atom is -0.494 e. The Hall–Kier alpha value is -1.76. The first-order valence-corrected chi connectivity index (χ1v) is 7.12. The quantitative estimate of drug-likeness (QED) is 0.881. The van der Waals surface area contributed by atoms with Crippen molar-refractivity contribution in [3.63, 3.8) is 0 Å². The van der Waals surface area contributed by atoms with Crippen LogP contribution < -0.4 is 10.1 Å². The predicted molar refractivity (Wildman–Crippen MR) is 72.7 cm³/mol. The summed E-state index contributed by atoms with van der Waals surface area (Å²) in [5, 5.41) is 11.7. The number of carbonyl (C=O) groups is 2. The molecular weight excluding hydrogens is 285 g/mol. The fraction of sp³-hybridized carbons (Fsp3) is 0.385. The summed E-state index contributed by atoms with van der Waals surface area (Å²) in [6, 6.07) is 4.17. The smallest absolute Gasteiger partial charge is 0.330 e. The van der Waals surface area contributed by atoms with Gasteiger partial charge in [-0.15, -0.1) is 0 Å². The van der Waals surface area contributed by atoms with Gasteiger partial charge in [-0.2, -0.15) is 11.8 Å². The van der Waals surface area contributed by atoms with Crippen molar-refractivity contribution in [3.8, 4) is 5.75 Å². The Morgan fingerprint density at radius 3 is 2.80 bits per heavy atom. The number of amides is 1. The number of hydrogen-bond donors (Lipinski definition) is 2. The summed E-state index contributed by atoms with van der Waals surface area (Å²) in [7, 11) is 1.30. The molecule has 0 saturated carbocycles. The second kappa shape index (κ2) is 5.70. The topological polar surface area (TPSA) is 75.6 Å². The average Bonchev–Trinajstić information content (AvgIpc) is 2.88. The summed E-state index contributed by atoms with van der Waals surface area (Å²) < 4.78 is 18.8. The van der Waals surface area contributed by atoms with E-state index in [1.54, 1.807) is 0 Å². The van der Waals surface area contributed by atoms with E-state index in [0.29, 0.717) is 12.2 Å². The Labute approximate surface area is 119 Å². The van der Waals surface area contributed by atoms with Gasteiger partial charge in [-0.1, -0.05) is 6.07 Å². The van der Waals surface area contributed by atoms with E-state index >= 15 is 0 Å². The number of carboxylic acids is 1. The average molecular weight is 299 g/mol. The van der Waals surface area contributed by atoms with Gasteiger partial charge < -0.3 is 15.2 Å². The maximum atomic E-state index is 14.0. The van der Waals surface area contributed by atoms with Crippen LogP contribution in [-0.4, -0.2) is 41.1 Å². The van der Waals surface area contributed by atoms with E-state index in [1.165, 1.54) is 37.1 Å². The van der Waals surface area contributed by atoms with Gasteiger partial charge in [-0.3, -0.25) is 4.79 Å². The number of nitrogens with one attached hydrogen (secondary N) is 1. The molecule has 20 heavy (non-hydrogen) atoms. The normalized spacial score (nSPS) is 21.5. The van der Waals surface area contributed by atoms with Gasteiger partial charge in [-0.05, 0) is 24.3 Å². The second-order valence-electron chi connectivity index (χ2n) is 4.47. The number of carbonyl (C=O) groups excluding carboxylic acids is 1. The van der Waals surface area contributed by atoms with Crippen molar-refractivity contribution in [2.45, 2.75) is 12.0 Å². The predicted octanol–water partition coefficient (Wildman–Crippen LogP) is 1.52. The van der Waals surface area contributed by atoms with E-state index in [9.17, 15) is 19.1 Å². The van der Waals surface area contributed by atoms with E-state index in [-0.39, 0.29) is 17.1 Å². The van der Waals surface area contributed by atoms with Crippen LogP contribution in [0.3, 0.4) is 0 Å². The monoisotopic (exact) mass is 299 g/mol. The van der Waals surface area contributed by atoms with Crippen LogP contribution in [0.2, 0.25) is 0 Å². The number of methoxy groups -OCH3 is 1. The standard InChI is InChI=1S/C13H14FNO4S/c1-19-9-4-2-3-8(10(9)14)11(16)15-13(12(17)18)5-6-20-7-13/h2-4H,5-7H2,1H3,(H,15,16)(H,17,18). The van der Waals surface area contributed by atoms with Gasteiger partial charge in [-0.25, -0.2) is 9.18 Å². The summed E-state index contributed by atoms with van der Waals surface area (Å²) in [6.07, 6.45) is 0.324. The van der Waals surface area contributed by atoms with Crippen LogP contribution in [0.5, 0.6) is 5.75 Å². The first-order valence-electron chi connectivity index (χ1n) is 5.96. The Morgan fingerprint density at radius 2 is 2.25 bits per heavy atom. The molecule has 1 amide bonds. The van der Waals surface area contributed by atoms with Gasteiger partial charge in [0.15, 0.2) is 11.6 Å². The molecule has 2 N–H and O–H groups in total. The molecule has 1 unspecified atom stereocenters. The van der Waals surface area contributed by atoms with E-state index in [0.717, 1.165) is 0 Å². The SMILES string of the molecule is COc1cccc(C(=O)NC2(C(=O)O)CCSC2)c1F. The van der Waals surface area contributed by atoms with Gasteiger partial charge >= 0.3 is 5.97 Å². The van der Waals surface area contributed by atoms with Crippen LogP contribution in [0.25, 0.3) is 0 Å². The van der Waals surface area contributed by atoms with E-state index in [1.807, 2.05) is 0 Å². The molecule has 1 aromatic carbocycles. The molecule has 0 radical (unpaired) electrons. The van der Waals surface area contributed by atoms with Gasteiger partial charge in [0.25, 0.3) is 5.91 Å². The number of carboxylic acid groups (broad SMARTS) is 1. The zero-order valence-corrected chi connectivity index (χ0v) is 11.6. The fourth-order valence-electron chi connectivity index (χ4n) is 2.01. The number of rotatable bonds is 4. The molecule has 5 nitrogen and oxygen atoms in total. The second-order valence-corrected chi connectivity index (χ2v) is 5.57. The number of ether oxygens (including phenoxy) is 1. The summed E-state index contributed by atoms with van der Waals surface area (Å²) in [5.74, 6) is -1.76. The van der Waals surface area contributed by atoms with Gasteiger partial charge in [0, 0.05) is 5.75 Å². The Bertz CT molecular complexity index is 543. The van der Waals surface area contributed by atoms with Crippen molar-refractivity contribution < 1.29 is 23.8 Å². The Kier molecular flexibility index (Phi) is 4.17.